The molecule has 0 aliphatic heterocycles. The summed E-state index contributed by atoms with van der Waals surface area (Å²) in [5, 5.41) is 31.0. The fraction of sp³-hybridized carbons (Fsp3) is 0.696. The molecule has 0 saturated heterocycles. The van der Waals surface area contributed by atoms with Gasteiger partial charge < -0.3 is 20.1 Å². The highest BCUT2D eigenvalue weighted by molar-refractivity contribution is 5.69. The molecule has 5 atom stereocenters. The quantitative estimate of drug-likeness (QED) is 0.346. The zero-order chi connectivity index (χ0) is 22.1. The van der Waals surface area contributed by atoms with Crippen molar-refractivity contribution in [3.05, 3.63) is 35.4 Å². The summed E-state index contributed by atoms with van der Waals surface area (Å²) in [7, 11) is 0. The van der Waals surface area contributed by atoms with E-state index >= 15 is 0 Å². The van der Waals surface area contributed by atoms with Gasteiger partial charge in [-0.3, -0.25) is 4.79 Å². The first kappa shape index (κ1) is 24.7. The number of hydrogen-bond donors (Lipinski definition) is 3. The maximum absolute atomic E-state index is 13.4. The SMILES string of the molecule is CCOC(=O)CCCCCC[C@@H]1[C@@H](CCC(O)c2cc(F)cc(F)c2)[C@H](O)C[C@@H]1O. The Hall–Kier alpha value is -1.57. The first-order valence-corrected chi connectivity index (χ1v) is 11.0. The molecule has 3 N–H and O–H groups in total. The zero-order valence-electron chi connectivity index (χ0n) is 17.6. The molecule has 1 saturated carbocycles. The van der Waals surface area contributed by atoms with Gasteiger partial charge in [0.25, 0.3) is 0 Å². The molecule has 0 amide bonds. The average Bonchev–Trinajstić information content (AvgIpc) is 2.94. The molecule has 5 nitrogen and oxygen atoms in total. The van der Waals surface area contributed by atoms with E-state index in [0.717, 1.165) is 50.3 Å². The molecular weight excluding hydrogens is 394 g/mol. The Morgan fingerprint density at radius 2 is 1.63 bits per heavy atom. The average molecular weight is 429 g/mol. The molecule has 0 bridgehead atoms. The van der Waals surface area contributed by atoms with Gasteiger partial charge in [-0.2, -0.15) is 0 Å². The Morgan fingerprint density at radius 3 is 2.27 bits per heavy atom. The molecule has 170 valence electrons. The van der Waals surface area contributed by atoms with Crippen molar-refractivity contribution in [3.63, 3.8) is 0 Å². The molecule has 1 fully saturated rings. The Morgan fingerprint density at radius 1 is 1.03 bits per heavy atom. The number of ether oxygens (including phenoxy) is 1. The number of hydrogen-bond acceptors (Lipinski definition) is 5. The third-order valence-corrected chi connectivity index (χ3v) is 6.04. The zero-order valence-corrected chi connectivity index (χ0v) is 17.6. The second kappa shape index (κ2) is 12.3. The minimum atomic E-state index is -1.02. The lowest BCUT2D eigenvalue weighted by Crippen LogP contribution is -2.23. The van der Waals surface area contributed by atoms with Gasteiger partial charge in [-0.15, -0.1) is 0 Å². The number of aliphatic hydroxyl groups is 3. The number of carbonyl (C=O) groups excluding carboxylic acids is 1. The lowest BCUT2D eigenvalue weighted by Gasteiger charge is -2.24. The normalized spacial score (nSPS) is 24.7. The van der Waals surface area contributed by atoms with E-state index in [1.807, 2.05) is 0 Å². The summed E-state index contributed by atoms with van der Waals surface area (Å²) in [5.74, 6) is -1.87. The number of carbonyl (C=O) groups is 1. The third-order valence-electron chi connectivity index (χ3n) is 6.04. The van der Waals surface area contributed by atoms with E-state index in [0.29, 0.717) is 25.9 Å². The van der Waals surface area contributed by atoms with E-state index in [4.69, 9.17) is 4.74 Å². The minimum absolute atomic E-state index is 0.0681. The lowest BCUT2D eigenvalue weighted by molar-refractivity contribution is -0.143. The summed E-state index contributed by atoms with van der Waals surface area (Å²) in [6.07, 6.45) is 3.42. The highest BCUT2D eigenvalue weighted by atomic mass is 19.1. The van der Waals surface area contributed by atoms with Crippen LogP contribution < -0.4 is 0 Å². The second-order valence-electron chi connectivity index (χ2n) is 8.25. The number of halogens is 2. The molecule has 0 heterocycles. The predicted octanol–water partition coefficient (Wildman–Crippen LogP) is 4.04. The van der Waals surface area contributed by atoms with Gasteiger partial charge in [0.2, 0.25) is 0 Å². The molecule has 30 heavy (non-hydrogen) atoms. The Kier molecular flexibility index (Phi) is 10.1. The summed E-state index contributed by atoms with van der Waals surface area (Å²) in [6.45, 7) is 2.18. The van der Waals surface area contributed by atoms with Crippen molar-refractivity contribution in [1.29, 1.82) is 0 Å². The van der Waals surface area contributed by atoms with Crippen molar-refractivity contribution in [2.45, 2.75) is 83.0 Å². The molecule has 0 aromatic heterocycles. The number of aliphatic hydroxyl groups excluding tert-OH is 3. The highest BCUT2D eigenvalue weighted by Crippen LogP contribution is 2.40. The van der Waals surface area contributed by atoms with Crippen LogP contribution in [0.5, 0.6) is 0 Å². The molecule has 1 aliphatic rings. The van der Waals surface area contributed by atoms with Gasteiger partial charge in [-0.1, -0.05) is 19.3 Å². The smallest absolute Gasteiger partial charge is 0.305 e. The Balaban J connectivity index is 1.77. The van der Waals surface area contributed by atoms with Crippen molar-refractivity contribution in [2.24, 2.45) is 11.8 Å². The molecule has 0 radical (unpaired) electrons. The van der Waals surface area contributed by atoms with Crippen molar-refractivity contribution in [3.8, 4) is 0 Å². The van der Waals surface area contributed by atoms with Gasteiger partial charge >= 0.3 is 5.97 Å². The van der Waals surface area contributed by atoms with Crippen LogP contribution in [0.15, 0.2) is 18.2 Å². The Labute approximate surface area is 177 Å². The molecule has 1 aromatic rings. The van der Waals surface area contributed by atoms with E-state index in [1.165, 1.54) is 0 Å². The fourth-order valence-corrected chi connectivity index (χ4v) is 4.50. The number of benzene rings is 1. The predicted molar refractivity (Wildman–Crippen MR) is 108 cm³/mol. The van der Waals surface area contributed by atoms with Crippen LogP contribution in [0, 0.1) is 23.5 Å². The van der Waals surface area contributed by atoms with E-state index in [9.17, 15) is 28.9 Å². The van der Waals surface area contributed by atoms with E-state index in [-0.39, 0.29) is 29.8 Å². The minimum Gasteiger partial charge on any atom is -0.466 e. The van der Waals surface area contributed by atoms with Crippen molar-refractivity contribution < 1.29 is 33.6 Å². The van der Waals surface area contributed by atoms with E-state index < -0.39 is 29.9 Å². The van der Waals surface area contributed by atoms with Crippen LogP contribution in [0.2, 0.25) is 0 Å². The maximum Gasteiger partial charge on any atom is 0.305 e. The van der Waals surface area contributed by atoms with Gasteiger partial charge in [0.15, 0.2) is 0 Å². The van der Waals surface area contributed by atoms with Crippen LogP contribution in [-0.2, 0) is 9.53 Å². The summed E-state index contributed by atoms with van der Waals surface area (Å²) >= 11 is 0. The second-order valence-corrected chi connectivity index (χ2v) is 8.25. The van der Waals surface area contributed by atoms with Crippen LogP contribution >= 0.6 is 0 Å². The van der Waals surface area contributed by atoms with Crippen LogP contribution in [0.1, 0.15) is 76.4 Å². The molecular formula is C23H34F2O5. The molecule has 1 unspecified atom stereocenters. The van der Waals surface area contributed by atoms with E-state index in [1.54, 1.807) is 6.92 Å². The highest BCUT2D eigenvalue weighted by Gasteiger charge is 2.40. The summed E-state index contributed by atoms with van der Waals surface area (Å²) in [6, 6.07) is 2.99. The van der Waals surface area contributed by atoms with Crippen molar-refractivity contribution in [1.82, 2.24) is 0 Å². The van der Waals surface area contributed by atoms with Gasteiger partial charge in [0.1, 0.15) is 11.6 Å². The fourth-order valence-electron chi connectivity index (χ4n) is 4.50. The number of unbranched alkanes of at least 4 members (excludes halogenated alkanes) is 3. The molecule has 2 rings (SSSR count). The summed E-state index contributed by atoms with van der Waals surface area (Å²) < 4.78 is 31.6. The van der Waals surface area contributed by atoms with Gasteiger partial charge in [-0.25, -0.2) is 8.78 Å². The van der Waals surface area contributed by atoms with E-state index in [2.05, 4.69) is 0 Å². The number of esters is 1. The third kappa shape index (κ3) is 7.60. The largest absolute Gasteiger partial charge is 0.466 e. The van der Waals surface area contributed by atoms with Crippen LogP contribution in [-0.4, -0.2) is 40.1 Å². The standard InChI is InChI=1S/C23H34F2O5/c1-2-30-23(29)8-6-4-3-5-7-18-19(22(28)14-21(18)27)9-10-20(26)15-11-16(24)13-17(25)12-15/h11-13,18-22,26-28H,2-10,14H2,1H3/t18-,19-,20?,21+,22-/m1/s1. The first-order chi connectivity index (χ1) is 14.3. The molecule has 0 spiro atoms. The Bertz CT molecular complexity index is 649. The molecule has 1 aromatic carbocycles. The van der Waals surface area contributed by atoms with Crippen molar-refractivity contribution in [2.75, 3.05) is 6.61 Å². The molecule has 7 heteroatoms. The first-order valence-electron chi connectivity index (χ1n) is 11.0. The maximum atomic E-state index is 13.4. The van der Waals surface area contributed by atoms with Crippen molar-refractivity contribution >= 4 is 5.97 Å². The van der Waals surface area contributed by atoms with Gasteiger partial charge in [0.05, 0.1) is 24.9 Å². The topological polar surface area (TPSA) is 87.0 Å². The monoisotopic (exact) mass is 428 g/mol. The summed E-state index contributed by atoms with van der Waals surface area (Å²) in [5.41, 5.74) is 0.179. The van der Waals surface area contributed by atoms with Crippen LogP contribution in [0.3, 0.4) is 0 Å². The summed E-state index contributed by atoms with van der Waals surface area (Å²) in [4.78, 5) is 11.3. The molecule has 1 aliphatic carbocycles. The van der Waals surface area contributed by atoms with Crippen LogP contribution in [0.4, 0.5) is 8.78 Å². The van der Waals surface area contributed by atoms with Gasteiger partial charge in [-0.05, 0) is 68.6 Å². The van der Waals surface area contributed by atoms with Gasteiger partial charge in [0, 0.05) is 12.5 Å². The lowest BCUT2D eigenvalue weighted by atomic mass is 9.84. The number of rotatable bonds is 12. The van der Waals surface area contributed by atoms with Crippen LogP contribution in [0.25, 0.3) is 0 Å².